The summed E-state index contributed by atoms with van der Waals surface area (Å²) < 4.78 is 5.12. The number of carbonyl (C=O) groups excluding carboxylic acids is 1. The average Bonchev–Trinajstić information content (AvgIpc) is 2.47. The number of benzene rings is 2. The van der Waals surface area contributed by atoms with Crippen molar-refractivity contribution in [2.45, 2.75) is 6.92 Å². The molecule has 102 valence electrons. The molecule has 20 heavy (non-hydrogen) atoms. The third kappa shape index (κ3) is 3.26. The van der Waals surface area contributed by atoms with Crippen LogP contribution in [0.4, 0.5) is 0 Å². The summed E-state index contributed by atoms with van der Waals surface area (Å²) >= 11 is 0. The predicted octanol–water partition coefficient (Wildman–Crippen LogP) is 3.61. The molecule has 0 spiro atoms. The largest absolute Gasteiger partial charge is 0.507 e. The fourth-order valence-corrected chi connectivity index (χ4v) is 1.85. The van der Waals surface area contributed by atoms with Gasteiger partial charge >= 0.3 is 0 Å². The molecular weight excluding hydrogens is 252 g/mol. The van der Waals surface area contributed by atoms with Crippen molar-refractivity contribution in [1.82, 2.24) is 0 Å². The van der Waals surface area contributed by atoms with Crippen LogP contribution in [-0.4, -0.2) is 18.0 Å². The highest BCUT2D eigenvalue weighted by atomic mass is 16.5. The number of aromatic hydroxyl groups is 1. The maximum absolute atomic E-state index is 12.1. The van der Waals surface area contributed by atoms with E-state index in [0.717, 1.165) is 16.9 Å². The van der Waals surface area contributed by atoms with Gasteiger partial charge in [-0.15, -0.1) is 0 Å². The Morgan fingerprint density at radius 3 is 2.75 bits per heavy atom. The molecule has 0 heterocycles. The standard InChI is InChI=1S/C17H16O3/c1-12-6-8-16(18)15(10-12)17(19)9-7-13-4-3-5-14(11-13)20-2/h3-11,18H,1-2H3/b9-7+. The van der Waals surface area contributed by atoms with E-state index in [0.29, 0.717) is 5.56 Å². The number of hydrogen-bond acceptors (Lipinski definition) is 3. The molecule has 3 nitrogen and oxygen atoms in total. The zero-order valence-electron chi connectivity index (χ0n) is 11.5. The van der Waals surface area contributed by atoms with E-state index in [1.165, 1.54) is 12.1 Å². The van der Waals surface area contributed by atoms with Crippen molar-refractivity contribution in [3.05, 3.63) is 65.2 Å². The summed E-state index contributed by atoms with van der Waals surface area (Å²) in [7, 11) is 1.60. The topological polar surface area (TPSA) is 46.5 Å². The van der Waals surface area contributed by atoms with E-state index in [1.54, 1.807) is 25.3 Å². The summed E-state index contributed by atoms with van der Waals surface area (Å²) in [5, 5.41) is 9.71. The van der Waals surface area contributed by atoms with Crippen LogP contribution in [0.3, 0.4) is 0 Å². The van der Waals surface area contributed by atoms with Crippen LogP contribution in [0, 0.1) is 6.92 Å². The predicted molar refractivity (Wildman–Crippen MR) is 79.2 cm³/mol. The molecule has 0 aliphatic carbocycles. The lowest BCUT2D eigenvalue weighted by atomic mass is 10.1. The Hall–Kier alpha value is -2.55. The first-order valence-electron chi connectivity index (χ1n) is 6.26. The normalized spacial score (nSPS) is 10.7. The summed E-state index contributed by atoms with van der Waals surface area (Å²) in [5.74, 6) is 0.503. The molecule has 0 fully saturated rings. The lowest BCUT2D eigenvalue weighted by Gasteiger charge is -2.02. The molecule has 0 atom stereocenters. The van der Waals surface area contributed by atoms with Gasteiger partial charge < -0.3 is 9.84 Å². The van der Waals surface area contributed by atoms with Gasteiger partial charge in [-0.1, -0.05) is 29.8 Å². The highest BCUT2D eigenvalue weighted by Crippen LogP contribution is 2.20. The van der Waals surface area contributed by atoms with Gasteiger partial charge in [0.25, 0.3) is 0 Å². The number of phenolic OH excluding ortho intramolecular Hbond substituents is 1. The molecule has 0 aromatic heterocycles. The van der Waals surface area contributed by atoms with E-state index in [9.17, 15) is 9.90 Å². The minimum absolute atomic E-state index is 0.00380. The molecule has 2 rings (SSSR count). The van der Waals surface area contributed by atoms with Gasteiger partial charge in [-0.25, -0.2) is 0 Å². The lowest BCUT2D eigenvalue weighted by Crippen LogP contribution is -1.95. The highest BCUT2D eigenvalue weighted by Gasteiger charge is 2.08. The third-order valence-corrected chi connectivity index (χ3v) is 2.94. The van der Waals surface area contributed by atoms with Crippen LogP contribution >= 0.6 is 0 Å². The van der Waals surface area contributed by atoms with Crippen molar-refractivity contribution in [2.24, 2.45) is 0 Å². The molecule has 0 unspecified atom stereocenters. The van der Waals surface area contributed by atoms with E-state index >= 15 is 0 Å². The molecule has 2 aromatic carbocycles. The molecule has 0 saturated heterocycles. The molecule has 1 N–H and O–H groups in total. The van der Waals surface area contributed by atoms with E-state index in [4.69, 9.17) is 4.74 Å². The zero-order valence-corrected chi connectivity index (χ0v) is 11.5. The van der Waals surface area contributed by atoms with Crippen LogP contribution in [-0.2, 0) is 0 Å². The Bertz CT molecular complexity index is 657. The van der Waals surface area contributed by atoms with Crippen LogP contribution < -0.4 is 4.74 Å². The van der Waals surface area contributed by atoms with Crippen LogP contribution in [0.25, 0.3) is 6.08 Å². The minimum atomic E-state index is -0.228. The number of hydrogen-bond donors (Lipinski definition) is 1. The fourth-order valence-electron chi connectivity index (χ4n) is 1.85. The van der Waals surface area contributed by atoms with E-state index in [2.05, 4.69) is 0 Å². The second-order valence-electron chi connectivity index (χ2n) is 4.49. The quantitative estimate of drug-likeness (QED) is 0.680. The van der Waals surface area contributed by atoms with Crippen molar-refractivity contribution in [3.8, 4) is 11.5 Å². The Labute approximate surface area is 118 Å². The number of phenols is 1. The van der Waals surface area contributed by atoms with Crippen molar-refractivity contribution >= 4 is 11.9 Å². The minimum Gasteiger partial charge on any atom is -0.507 e. The molecular formula is C17H16O3. The molecule has 0 radical (unpaired) electrons. The van der Waals surface area contributed by atoms with Crippen LogP contribution in [0.5, 0.6) is 11.5 Å². The molecule has 0 saturated carbocycles. The number of carbonyl (C=O) groups is 1. The van der Waals surface area contributed by atoms with Gasteiger partial charge in [0.1, 0.15) is 11.5 Å². The van der Waals surface area contributed by atoms with Gasteiger partial charge in [0.15, 0.2) is 5.78 Å². The first-order chi connectivity index (χ1) is 9.60. The van der Waals surface area contributed by atoms with Gasteiger partial charge in [0.05, 0.1) is 12.7 Å². The van der Waals surface area contributed by atoms with E-state index in [1.807, 2.05) is 31.2 Å². The molecule has 3 heteroatoms. The first-order valence-corrected chi connectivity index (χ1v) is 6.26. The monoisotopic (exact) mass is 268 g/mol. The van der Waals surface area contributed by atoms with Crippen LogP contribution in [0.2, 0.25) is 0 Å². The number of allylic oxidation sites excluding steroid dienone is 1. The number of methoxy groups -OCH3 is 1. The number of aryl methyl sites for hydroxylation is 1. The smallest absolute Gasteiger partial charge is 0.189 e. The molecule has 0 aliphatic heterocycles. The summed E-state index contributed by atoms with van der Waals surface area (Å²) in [6, 6.07) is 12.4. The van der Waals surface area contributed by atoms with E-state index in [-0.39, 0.29) is 11.5 Å². The van der Waals surface area contributed by atoms with Gasteiger partial charge in [0, 0.05) is 0 Å². The Morgan fingerprint density at radius 1 is 1.20 bits per heavy atom. The van der Waals surface area contributed by atoms with Crippen LogP contribution in [0.15, 0.2) is 48.5 Å². The van der Waals surface area contributed by atoms with Crippen molar-refractivity contribution < 1.29 is 14.6 Å². The van der Waals surface area contributed by atoms with Gasteiger partial charge in [-0.05, 0) is 42.8 Å². The molecule has 0 bridgehead atoms. The maximum atomic E-state index is 12.1. The van der Waals surface area contributed by atoms with E-state index < -0.39 is 0 Å². The molecule has 2 aromatic rings. The van der Waals surface area contributed by atoms with Crippen molar-refractivity contribution in [1.29, 1.82) is 0 Å². The lowest BCUT2D eigenvalue weighted by molar-refractivity contribution is 0.104. The van der Waals surface area contributed by atoms with Gasteiger partial charge in [-0.3, -0.25) is 4.79 Å². The second-order valence-corrected chi connectivity index (χ2v) is 4.49. The Balaban J connectivity index is 2.22. The number of ether oxygens (including phenoxy) is 1. The number of rotatable bonds is 4. The zero-order chi connectivity index (χ0) is 14.5. The summed E-state index contributed by atoms with van der Waals surface area (Å²) in [6.45, 7) is 1.88. The van der Waals surface area contributed by atoms with Crippen molar-refractivity contribution in [3.63, 3.8) is 0 Å². The average molecular weight is 268 g/mol. The summed E-state index contributed by atoms with van der Waals surface area (Å²) in [5.41, 5.74) is 2.11. The fraction of sp³-hybridized carbons (Fsp3) is 0.118. The SMILES string of the molecule is COc1cccc(/C=C/C(=O)c2cc(C)ccc2O)c1. The Kier molecular flexibility index (Phi) is 4.20. The highest BCUT2D eigenvalue weighted by molar-refractivity contribution is 6.08. The maximum Gasteiger partial charge on any atom is 0.189 e. The summed E-state index contributed by atoms with van der Waals surface area (Å²) in [6.07, 6.45) is 3.15. The Morgan fingerprint density at radius 2 is 2.00 bits per heavy atom. The third-order valence-electron chi connectivity index (χ3n) is 2.94. The van der Waals surface area contributed by atoms with Gasteiger partial charge in [-0.2, -0.15) is 0 Å². The van der Waals surface area contributed by atoms with Crippen molar-refractivity contribution in [2.75, 3.05) is 7.11 Å². The summed E-state index contributed by atoms with van der Waals surface area (Å²) in [4.78, 5) is 12.1. The second kappa shape index (κ2) is 6.06. The van der Waals surface area contributed by atoms with Crippen LogP contribution in [0.1, 0.15) is 21.5 Å². The molecule has 0 aliphatic rings. The first kappa shape index (κ1) is 13.9. The van der Waals surface area contributed by atoms with Gasteiger partial charge in [0.2, 0.25) is 0 Å². The number of ketones is 1. The molecule has 0 amide bonds.